The van der Waals surface area contributed by atoms with E-state index in [9.17, 15) is 65.4 Å². The number of piperidine rings is 1. The molecule has 0 bridgehead atoms. The predicted molar refractivity (Wildman–Crippen MR) is 222 cm³/mol. The van der Waals surface area contributed by atoms with Crippen molar-refractivity contribution >= 4 is 28.9 Å². The maximum atomic E-state index is 12.9. The Morgan fingerprint density at radius 2 is 1.45 bits per heavy atom. The van der Waals surface area contributed by atoms with Gasteiger partial charge in [-0.3, -0.25) is 9.59 Å². The highest BCUT2D eigenvalue weighted by atomic mass is 16.7. The number of phenolic OH excluding ortho intramolecular Hbond substituents is 2. The smallest absolute Gasteiger partial charge is 0.335 e. The molecule has 0 aliphatic carbocycles. The summed E-state index contributed by atoms with van der Waals surface area (Å²) in [7, 11) is 0. The third-order valence-corrected chi connectivity index (χ3v) is 10.9. The molecule has 348 valence electrons. The van der Waals surface area contributed by atoms with Crippen LogP contribution < -0.4 is 24.4 Å². The number of aromatic hydroxyl groups is 2. The number of amides is 1. The van der Waals surface area contributed by atoms with Crippen molar-refractivity contribution in [3.8, 4) is 45.8 Å². The van der Waals surface area contributed by atoms with E-state index in [4.69, 9.17) is 32.8 Å². The molecular formula is C44H47NO20. The Bertz CT molecular complexity index is 2460. The standard InChI is InChI=1S/C27H28O17.C17H19NO3/c28-7-16-18(32)19(33)22(36)27(43-16)42-13-2-1-8(3-10(13)29)14-6-12(31)17-11(30)4-9(5-15(17)41-14)40-26-23(37)20(34)21(35)24(44-26)25(38)39;19-17(18-10-4-1-5-11-18)7-3-2-6-14-8-9-15-16(12-14)21-13-20-15/h1-6,16,18-24,26-30,32-37H,7H2,(H,38,39);2-3,6-9,12H,1,4-5,10-11,13H2/b;6-2+,7-3+/t16-,18-,19+,20-,21+,22-,23+,24-,26?,27-;/m0./s1. The highest BCUT2D eigenvalue weighted by Gasteiger charge is 2.48. The van der Waals surface area contributed by atoms with Gasteiger partial charge in [-0.25, -0.2) is 4.79 Å². The molecule has 10 atom stereocenters. The van der Waals surface area contributed by atoms with Crippen LogP contribution in [0.1, 0.15) is 24.8 Å². The molecule has 21 heteroatoms. The number of hydrogen-bond acceptors (Lipinski definition) is 19. The summed E-state index contributed by atoms with van der Waals surface area (Å²) < 4.78 is 37.5. The fraction of sp³-hybridized carbons (Fsp3) is 0.386. The second-order valence-electron chi connectivity index (χ2n) is 15.4. The van der Waals surface area contributed by atoms with Gasteiger partial charge in [0.25, 0.3) is 0 Å². The second-order valence-corrected chi connectivity index (χ2v) is 15.4. The number of aliphatic hydroxyl groups excluding tert-OH is 7. The van der Waals surface area contributed by atoms with Gasteiger partial charge in [-0.15, -0.1) is 0 Å². The number of hydrogen-bond donors (Lipinski definition) is 10. The summed E-state index contributed by atoms with van der Waals surface area (Å²) in [6.07, 6.45) is -6.75. The number of fused-ring (bicyclic) bond motifs is 2. The molecule has 0 saturated carbocycles. The van der Waals surface area contributed by atoms with Crippen LogP contribution in [-0.2, 0) is 19.1 Å². The number of benzene rings is 3. The minimum absolute atomic E-state index is 0.102. The monoisotopic (exact) mass is 909 g/mol. The van der Waals surface area contributed by atoms with E-state index in [0.717, 1.165) is 67.3 Å². The largest absolute Gasteiger partial charge is 0.507 e. The molecule has 1 aromatic heterocycles. The number of ether oxygens (including phenoxy) is 6. The van der Waals surface area contributed by atoms with Gasteiger partial charge in [0.05, 0.1) is 6.61 Å². The van der Waals surface area contributed by atoms with Crippen LogP contribution in [0.3, 0.4) is 0 Å². The highest BCUT2D eigenvalue weighted by molar-refractivity contribution is 5.88. The van der Waals surface area contributed by atoms with Gasteiger partial charge in [0, 0.05) is 42.9 Å². The molecule has 65 heavy (non-hydrogen) atoms. The molecule has 1 unspecified atom stereocenters. The Morgan fingerprint density at radius 1 is 0.738 bits per heavy atom. The van der Waals surface area contributed by atoms with Gasteiger partial charge in [-0.05, 0) is 55.2 Å². The number of nitrogens with zero attached hydrogens (tertiary/aromatic N) is 1. The van der Waals surface area contributed by atoms with Crippen LogP contribution in [0.5, 0.6) is 34.5 Å². The van der Waals surface area contributed by atoms with Gasteiger partial charge in [0.1, 0.15) is 71.0 Å². The Balaban J connectivity index is 0.000000249. The first kappa shape index (κ1) is 46.7. The third-order valence-electron chi connectivity index (χ3n) is 10.9. The van der Waals surface area contributed by atoms with Crippen molar-refractivity contribution in [1.29, 1.82) is 0 Å². The lowest BCUT2D eigenvalue weighted by molar-refractivity contribution is -0.277. The zero-order valence-corrected chi connectivity index (χ0v) is 34.2. The number of likely N-dealkylation sites (tertiary alicyclic amines) is 1. The zero-order chi connectivity index (χ0) is 46.5. The fourth-order valence-corrected chi connectivity index (χ4v) is 7.34. The Labute approximate surface area is 368 Å². The quantitative estimate of drug-likeness (QED) is 0.0756. The lowest BCUT2D eigenvalue weighted by atomic mass is 9.99. The van der Waals surface area contributed by atoms with Gasteiger partial charge in [-0.2, -0.15) is 0 Å². The summed E-state index contributed by atoms with van der Waals surface area (Å²) in [4.78, 5) is 38.1. The minimum atomic E-state index is -1.96. The van der Waals surface area contributed by atoms with Crippen LogP contribution >= 0.6 is 0 Å². The molecule has 0 radical (unpaired) electrons. The zero-order valence-electron chi connectivity index (χ0n) is 34.2. The SMILES string of the molecule is O=C(/C=C/C=C/c1ccc2c(c1)OCO2)N1CCCCC1.O=C(O)[C@H]1OC(Oc2cc(O)c3c(=O)cc(-c4ccc(O[C@H]5O[C@@H](CO)[C@H](O)[C@@H](O)[C@@H]5O)c(O)c4)oc3c2)[C@H](O)[C@@H](O)[C@H]1O. The molecule has 4 aliphatic rings. The molecule has 3 saturated heterocycles. The predicted octanol–water partition coefficient (Wildman–Crippen LogP) is 0.318. The normalized spacial score (nSPS) is 27.6. The molecule has 0 spiro atoms. The first-order chi connectivity index (χ1) is 31.1. The summed E-state index contributed by atoms with van der Waals surface area (Å²) in [6, 6.07) is 12.5. The van der Waals surface area contributed by atoms with E-state index in [2.05, 4.69) is 0 Å². The highest BCUT2D eigenvalue weighted by Crippen LogP contribution is 2.37. The molecule has 1 amide bonds. The van der Waals surface area contributed by atoms with E-state index in [1.807, 2.05) is 35.3 Å². The molecule has 8 rings (SSSR count). The Kier molecular flexibility index (Phi) is 14.6. The van der Waals surface area contributed by atoms with Crippen molar-refractivity contribution in [1.82, 2.24) is 4.90 Å². The van der Waals surface area contributed by atoms with Crippen molar-refractivity contribution in [2.24, 2.45) is 0 Å². The van der Waals surface area contributed by atoms with Gasteiger partial charge in [0.2, 0.25) is 25.3 Å². The Hall–Kier alpha value is -6.27. The van der Waals surface area contributed by atoms with E-state index in [-0.39, 0.29) is 46.5 Å². The van der Waals surface area contributed by atoms with Crippen LogP contribution in [0.25, 0.3) is 28.4 Å². The van der Waals surface area contributed by atoms with Crippen LogP contribution in [0, 0.1) is 0 Å². The molecule has 10 N–H and O–H groups in total. The van der Waals surface area contributed by atoms with E-state index in [1.54, 1.807) is 12.2 Å². The minimum Gasteiger partial charge on any atom is -0.507 e. The van der Waals surface area contributed by atoms with Crippen LogP contribution in [0.4, 0.5) is 0 Å². The van der Waals surface area contributed by atoms with E-state index in [1.165, 1.54) is 18.6 Å². The number of allylic oxidation sites excluding steroid dienone is 2. The number of rotatable bonds is 10. The van der Waals surface area contributed by atoms with Gasteiger partial charge in [0.15, 0.2) is 34.5 Å². The van der Waals surface area contributed by atoms with Gasteiger partial charge in [-0.1, -0.05) is 24.3 Å². The van der Waals surface area contributed by atoms with E-state index in [0.29, 0.717) is 0 Å². The molecule has 4 aliphatic heterocycles. The van der Waals surface area contributed by atoms with Crippen molar-refractivity contribution in [3.63, 3.8) is 0 Å². The maximum absolute atomic E-state index is 12.9. The average Bonchev–Trinajstić information content (AvgIpc) is 3.77. The molecular weight excluding hydrogens is 862 g/mol. The molecule has 3 aromatic carbocycles. The summed E-state index contributed by atoms with van der Waals surface area (Å²) in [5.41, 5.74) is 0.185. The number of carbonyl (C=O) groups is 2. The van der Waals surface area contributed by atoms with Crippen LogP contribution in [-0.4, -0.2) is 156 Å². The number of aliphatic hydroxyl groups is 7. The topological polar surface area (TPSA) is 325 Å². The molecule has 21 nitrogen and oxygen atoms in total. The van der Waals surface area contributed by atoms with Crippen molar-refractivity contribution in [2.45, 2.75) is 80.7 Å². The second kappa shape index (κ2) is 20.3. The number of aliphatic carboxylic acids is 1. The summed E-state index contributed by atoms with van der Waals surface area (Å²) in [6.45, 7) is 1.36. The summed E-state index contributed by atoms with van der Waals surface area (Å²) >= 11 is 0. The van der Waals surface area contributed by atoms with Gasteiger partial charge < -0.3 is 88.8 Å². The van der Waals surface area contributed by atoms with Crippen molar-refractivity contribution in [3.05, 3.63) is 88.6 Å². The number of carboxylic acid groups (broad SMARTS) is 1. The third kappa shape index (κ3) is 10.5. The number of phenols is 2. The summed E-state index contributed by atoms with van der Waals surface area (Å²) in [5, 5.41) is 99.5. The molecule has 5 heterocycles. The Morgan fingerprint density at radius 3 is 2.15 bits per heavy atom. The average molecular weight is 910 g/mol. The van der Waals surface area contributed by atoms with Crippen molar-refractivity contribution in [2.75, 3.05) is 26.5 Å². The molecule has 4 aromatic rings. The maximum Gasteiger partial charge on any atom is 0.335 e. The summed E-state index contributed by atoms with van der Waals surface area (Å²) in [5.74, 6) is -1.78. The van der Waals surface area contributed by atoms with Gasteiger partial charge >= 0.3 is 5.97 Å². The first-order valence-electron chi connectivity index (χ1n) is 20.4. The lowest BCUT2D eigenvalue weighted by Gasteiger charge is -2.39. The van der Waals surface area contributed by atoms with Crippen LogP contribution in [0.15, 0.2) is 82.0 Å². The number of carboxylic acids is 1. The first-order valence-corrected chi connectivity index (χ1v) is 20.4. The van der Waals surface area contributed by atoms with Crippen molar-refractivity contribution < 1.29 is 93.5 Å². The number of carbonyl (C=O) groups excluding carboxylic acids is 1. The lowest BCUT2D eigenvalue weighted by Crippen LogP contribution is -2.61. The van der Waals surface area contributed by atoms with Crippen LogP contribution in [0.2, 0.25) is 0 Å². The van der Waals surface area contributed by atoms with E-state index >= 15 is 0 Å². The fourth-order valence-electron chi connectivity index (χ4n) is 7.34. The van der Waals surface area contributed by atoms with E-state index < -0.39 is 90.9 Å². The molecule has 3 fully saturated rings.